The molecule has 0 unspecified atom stereocenters. The van der Waals surface area contributed by atoms with Crippen LogP contribution in [0.15, 0.2) is 41.4 Å². The number of carbonyl (C=O) groups is 2. The highest BCUT2D eigenvalue weighted by molar-refractivity contribution is 8.00. The number of nitriles is 1. The number of aromatic nitrogens is 1. The second-order valence-electron chi connectivity index (χ2n) is 6.53. The predicted octanol–water partition coefficient (Wildman–Crippen LogP) is 3.99. The molecule has 0 fully saturated rings. The number of carbonyl (C=O) groups excluding carboxylic acids is 2. The molecule has 0 N–H and O–H groups in total. The van der Waals surface area contributed by atoms with Gasteiger partial charge < -0.3 is 4.90 Å². The van der Waals surface area contributed by atoms with E-state index >= 15 is 0 Å². The van der Waals surface area contributed by atoms with Crippen LogP contribution < -0.4 is 0 Å². The molecule has 0 aliphatic rings. The molecule has 1 heterocycles. The first-order valence-electron chi connectivity index (χ1n) is 8.72. The van der Waals surface area contributed by atoms with Gasteiger partial charge in [-0.15, -0.1) is 0 Å². The molecular weight excluding hydrogens is 358 g/mol. The van der Waals surface area contributed by atoms with Gasteiger partial charge in [-0.3, -0.25) is 9.59 Å². The fourth-order valence-electron chi connectivity index (χ4n) is 2.68. The van der Waals surface area contributed by atoms with E-state index in [0.29, 0.717) is 28.4 Å². The van der Waals surface area contributed by atoms with Gasteiger partial charge in [-0.05, 0) is 39.3 Å². The molecule has 1 aromatic heterocycles. The third-order valence-electron chi connectivity index (χ3n) is 4.15. The third kappa shape index (κ3) is 5.41. The Morgan fingerprint density at radius 2 is 1.93 bits per heavy atom. The summed E-state index contributed by atoms with van der Waals surface area (Å²) in [5.41, 5.74) is 2.40. The summed E-state index contributed by atoms with van der Waals surface area (Å²) in [6, 6.07) is 13.5. The van der Waals surface area contributed by atoms with Crippen molar-refractivity contribution in [3.8, 4) is 6.07 Å². The monoisotopic (exact) mass is 381 g/mol. The number of nitrogens with zero attached hydrogens (tertiary/aromatic N) is 3. The van der Waals surface area contributed by atoms with Gasteiger partial charge in [0.15, 0.2) is 5.78 Å². The molecule has 0 saturated heterocycles. The Morgan fingerprint density at radius 1 is 1.26 bits per heavy atom. The number of benzene rings is 1. The van der Waals surface area contributed by atoms with Crippen LogP contribution in [0.5, 0.6) is 0 Å². The van der Waals surface area contributed by atoms with Gasteiger partial charge in [0.1, 0.15) is 11.1 Å². The summed E-state index contributed by atoms with van der Waals surface area (Å²) < 4.78 is 0. The van der Waals surface area contributed by atoms with Crippen molar-refractivity contribution >= 4 is 23.5 Å². The van der Waals surface area contributed by atoms with Gasteiger partial charge in [-0.2, -0.15) is 5.26 Å². The third-order valence-corrected chi connectivity index (χ3v) is 5.13. The molecule has 0 bridgehead atoms. The number of aryl methyl sites for hydroxylation is 1. The molecule has 6 heteroatoms. The number of pyridine rings is 1. The maximum absolute atomic E-state index is 12.8. The van der Waals surface area contributed by atoms with Gasteiger partial charge in [-0.25, -0.2) is 4.98 Å². The zero-order valence-electron chi connectivity index (χ0n) is 16.0. The maximum atomic E-state index is 12.8. The van der Waals surface area contributed by atoms with Crippen molar-refractivity contribution in [3.63, 3.8) is 0 Å². The number of Topliss-reactive ketones (excluding diaryl/α,β-unsaturated/α-hetero) is 1. The topological polar surface area (TPSA) is 74.1 Å². The molecular formula is C21H23N3O2S. The minimum Gasteiger partial charge on any atom is -0.335 e. The Balaban J connectivity index is 2.14. The van der Waals surface area contributed by atoms with E-state index in [1.54, 1.807) is 13.0 Å². The van der Waals surface area contributed by atoms with E-state index in [-0.39, 0.29) is 23.5 Å². The van der Waals surface area contributed by atoms with Crippen molar-refractivity contribution in [1.82, 2.24) is 9.88 Å². The Bertz CT molecular complexity index is 873. The Hall–Kier alpha value is -2.65. The lowest BCUT2D eigenvalue weighted by atomic mass is 10.1. The quantitative estimate of drug-likeness (QED) is 0.535. The van der Waals surface area contributed by atoms with Crippen LogP contribution in [0, 0.1) is 18.3 Å². The zero-order valence-corrected chi connectivity index (χ0v) is 16.8. The van der Waals surface area contributed by atoms with Crippen molar-refractivity contribution in [2.75, 3.05) is 5.75 Å². The van der Waals surface area contributed by atoms with E-state index in [9.17, 15) is 14.9 Å². The Labute approximate surface area is 164 Å². The lowest BCUT2D eigenvalue weighted by Gasteiger charge is -2.27. The van der Waals surface area contributed by atoms with Gasteiger partial charge >= 0.3 is 0 Å². The molecule has 2 aromatic rings. The molecule has 27 heavy (non-hydrogen) atoms. The number of hydrogen-bond donors (Lipinski definition) is 0. The molecule has 5 nitrogen and oxygen atoms in total. The molecule has 0 aliphatic heterocycles. The van der Waals surface area contributed by atoms with Crippen molar-refractivity contribution in [3.05, 3.63) is 58.8 Å². The van der Waals surface area contributed by atoms with Crippen LogP contribution in [0.4, 0.5) is 0 Å². The fourth-order valence-corrected chi connectivity index (χ4v) is 3.57. The number of rotatable bonds is 7. The lowest BCUT2D eigenvalue weighted by molar-refractivity contribution is -0.130. The average Bonchev–Trinajstić information content (AvgIpc) is 2.64. The fraction of sp³-hybridized carbons (Fsp3) is 0.333. The van der Waals surface area contributed by atoms with Crippen LogP contribution in [0.1, 0.15) is 48.0 Å². The average molecular weight is 382 g/mol. The predicted molar refractivity (Wildman–Crippen MR) is 107 cm³/mol. The molecule has 0 saturated carbocycles. The Kier molecular flexibility index (Phi) is 7.14. The summed E-state index contributed by atoms with van der Waals surface area (Å²) >= 11 is 1.23. The maximum Gasteiger partial charge on any atom is 0.233 e. The minimum absolute atomic E-state index is 0.0159. The second kappa shape index (κ2) is 9.33. The van der Waals surface area contributed by atoms with Crippen LogP contribution in [0.25, 0.3) is 0 Å². The molecule has 0 atom stereocenters. The van der Waals surface area contributed by atoms with Gasteiger partial charge in [0.25, 0.3) is 0 Å². The summed E-state index contributed by atoms with van der Waals surface area (Å²) in [5, 5.41) is 9.85. The largest absolute Gasteiger partial charge is 0.335 e. The number of hydrogen-bond acceptors (Lipinski definition) is 5. The smallest absolute Gasteiger partial charge is 0.233 e. The molecule has 2 rings (SSSR count). The summed E-state index contributed by atoms with van der Waals surface area (Å²) in [4.78, 5) is 30.6. The van der Waals surface area contributed by atoms with Gasteiger partial charge in [-0.1, -0.05) is 42.1 Å². The summed E-state index contributed by atoms with van der Waals surface area (Å²) in [6.07, 6.45) is 0. The van der Waals surface area contributed by atoms with Gasteiger partial charge in [0.05, 0.1) is 11.3 Å². The van der Waals surface area contributed by atoms with Crippen molar-refractivity contribution in [2.24, 2.45) is 0 Å². The van der Waals surface area contributed by atoms with Crippen LogP contribution in [0.3, 0.4) is 0 Å². The van der Waals surface area contributed by atoms with Crippen LogP contribution in [-0.2, 0) is 11.3 Å². The first-order chi connectivity index (χ1) is 12.8. The normalized spacial score (nSPS) is 10.5. The lowest BCUT2D eigenvalue weighted by Crippen LogP contribution is -2.37. The van der Waals surface area contributed by atoms with E-state index < -0.39 is 0 Å². The zero-order chi connectivity index (χ0) is 20.0. The summed E-state index contributed by atoms with van der Waals surface area (Å²) in [6.45, 7) is 7.69. The second-order valence-corrected chi connectivity index (χ2v) is 7.50. The summed E-state index contributed by atoms with van der Waals surface area (Å²) in [7, 11) is 0. The minimum atomic E-state index is -0.127. The van der Waals surface area contributed by atoms with Crippen LogP contribution in [0.2, 0.25) is 0 Å². The number of thioether (sulfide) groups is 1. The van der Waals surface area contributed by atoms with Crippen molar-refractivity contribution in [2.45, 2.75) is 45.3 Å². The van der Waals surface area contributed by atoms with E-state index in [2.05, 4.69) is 11.1 Å². The van der Waals surface area contributed by atoms with Gasteiger partial charge in [0.2, 0.25) is 5.91 Å². The SMILES string of the molecule is CC(=O)c1cc(C#N)c(SCC(=O)N(Cc2ccccc2)C(C)C)nc1C. The number of ketones is 1. The van der Waals surface area contributed by atoms with E-state index in [0.717, 1.165) is 5.56 Å². The number of amides is 1. The van der Waals surface area contributed by atoms with E-state index in [1.807, 2.05) is 49.1 Å². The highest BCUT2D eigenvalue weighted by Gasteiger charge is 2.19. The molecule has 140 valence electrons. The van der Waals surface area contributed by atoms with Gasteiger partial charge in [0, 0.05) is 23.8 Å². The van der Waals surface area contributed by atoms with E-state index in [1.165, 1.54) is 18.7 Å². The van der Waals surface area contributed by atoms with Crippen molar-refractivity contribution < 1.29 is 9.59 Å². The first kappa shape index (κ1) is 20.7. The standard InChI is InChI=1S/C21H23N3O2S/c1-14(2)24(12-17-8-6-5-7-9-17)20(26)13-27-21-18(11-22)10-19(16(4)25)15(3)23-21/h5-10,14H,12-13H2,1-4H3. The first-order valence-corrected chi connectivity index (χ1v) is 9.71. The van der Waals surface area contributed by atoms with Crippen LogP contribution >= 0.6 is 11.8 Å². The Morgan fingerprint density at radius 3 is 2.48 bits per heavy atom. The van der Waals surface area contributed by atoms with Crippen molar-refractivity contribution in [1.29, 1.82) is 5.26 Å². The summed E-state index contributed by atoms with van der Waals surface area (Å²) in [5.74, 6) is 0.0433. The van der Waals surface area contributed by atoms with E-state index in [4.69, 9.17) is 0 Å². The molecule has 0 spiro atoms. The molecule has 1 aromatic carbocycles. The molecule has 1 amide bonds. The highest BCUT2D eigenvalue weighted by atomic mass is 32.2. The highest BCUT2D eigenvalue weighted by Crippen LogP contribution is 2.24. The molecule has 0 radical (unpaired) electrons. The molecule has 0 aliphatic carbocycles. The van der Waals surface area contributed by atoms with Crippen LogP contribution in [-0.4, -0.2) is 33.4 Å².